The fraction of sp³-hybridized carbons (Fsp3) is 0.273. The van der Waals surface area contributed by atoms with Crippen molar-refractivity contribution in [2.45, 2.75) is 13.3 Å². The monoisotopic (exact) mass is 238 g/mol. The summed E-state index contributed by atoms with van der Waals surface area (Å²) in [6, 6.07) is 7.22. The molecule has 0 saturated heterocycles. The van der Waals surface area contributed by atoms with Gasteiger partial charge in [0, 0.05) is 13.3 Å². The summed E-state index contributed by atoms with van der Waals surface area (Å²) in [6.45, 7) is 1.86. The predicted molar refractivity (Wildman–Crippen MR) is 67.6 cm³/mol. The van der Waals surface area contributed by atoms with E-state index in [0.29, 0.717) is 29.5 Å². The van der Waals surface area contributed by atoms with Crippen LogP contribution >= 0.6 is 12.2 Å². The van der Waals surface area contributed by atoms with Crippen molar-refractivity contribution in [3.8, 4) is 5.75 Å². The number of anilines is 1. The molecular formula is C11H14N2O2S. The highest BCUT2D eigenvalue weighted by Gasteiger charge is 2.03. The van der Waals surface area contributed by atoms with E-state index in [1.165, 1.54) is 6.92 Å². The molecule has 4 nitrogen and oxygen atoms in total. The number of carbonyl (C=O) groups is 1. The van der Waals surface area contributed by atoms with Crippen molar-refractivity contribution in [2.75, 3.05) is 11.9 Å². The van der Waals surface area contributed by atoms with Gasteiger partial charge in [0.25, 0.3) is 0 Å². The number of nitrogens with two attached hydrogens (primary N) is 1. The molecule has 0 bridgehead atoms. The van der Waals surface area contributed by atoms with E-state index in [-0.39, 0.29) is 5.91 Å². The third-order valence-electron chi connectivity index (χ3n) is 1.80. The molecule has 0 spiro atoms. The number of thiocarbonyl (C=S) groups is 1. The summed E-state index contributed by atoms with van der Waals surface area (Å²) in [5.41, 5.74) is 6.01. The van der Waals surface area contributed by atoms with Gasteiger partial charge in [-0.15, -0.1) is 0 Å². The van der Waals surface area contributed by atoms with E-state index >= 15 is 0 Å². The lowest BCUT2D eigenvalue weighted by Crippen LogP contribution is -2.13. The Hall–Kier alpha value is -1.62. The van der Waals surface area contributed by atoms with Crippen LogP contribution in [0, 0.1) is 0 Å². The Labute approximate surface area is 99.8 Å². The third-order valence-corrected chi connectivity index (χ3v) is 2.01. The van der Waals surface area contributed by atoms with Crippen molar-refractivity contribution in [3.05, 3.63) is 24.3 Å². The summed E-state index contributed by atoms with van der Waals surface area (Å²) < 4.78 is 5.47. The lowest BCUT2D eigenvalue weighted by Gasteiger charge is -2.10. The molecule has 0 unspecified atom stereocenters. The van der Waals surface area contributed by atoms with Gasteiger partial charge in [-0.2, -0.15) is 0 Å². The van der Waals surface area contributed by atoms with Gasteiger partial charge in [0.05, 0.1) is 17.3 Å². The van der Waals surface area contributed by atoms with Crippen LogP contribution in [0.4, 0.5) is 5.69 Å². The number of hydrogen-bond acceptors (Lipinski definition) is 3. The molecule has 1 aromatic carbocycles. The Kier molecular flexibility index (Phi) is 4.72. The first-order valence-electron chi connectivity index (χ1n) is 4.87. The van der Waals surface area contributed by atoms with Crippen molar-refractivity contribution in [1.82, 2.24) is 0 Å². The predicted octanol–water partition coefficient (Wildman–Crippen LogP) is 1.70. The highest BCUT2D eigenvalue weighted by molar-refractivity contribution is 7.80. The van der Waals surface area contributed by atoms with Gasteiger partial charge in [0.15, 0.2) is 0 Å². The van der Waals surface area contributed by atoms with Crippen LogP contribution in [-0.4, -0.2) is 17.5 Å². The Bertz CT molecular complexity index is 393. The maximum absolute atomic E-state index is 10.9. The topological polar surface area (TPSA) is 64.3 Å². The molecule has 3 N–H and O–H groups in total. The zero-order valence-corrected chi connectivity index (χ0v) is 9.84. The van der Waals surface area contributed by atoms with Crippen molar-refractivity contribution in [1.29, 1.82) is 0 Å². The summed E-state index contributed by atoms with van der Waals surface area (Å²) in [6.07, 6.45) is 0.518. The van der Waals surface area contributed by atoms with Gasteiger partial charge in [-0.25, -0.2) is 0 Å². The van der Waals surface area contributed by atoms with E-state index in [1.807, 2.05) is 12.1 Å². The second-order valence-electron chi connectivity index (χ2n) is 3.24. The van der Waals surface area contributed by atoms with Crippen LogP contribution in [0.5, 0.6) is 5.75 Å². The fourth-order valence-electron chi connectivity index (χ4n) is 1.15. The molecule has 0 fully saturated rings. The van der Waals surface area contributed by atoms with Crippen molar-refractivity contribution >= 4 is 28.8 Å². The van der Waals surface area contributed by atoms with E-state index < -0.39 is 0 Å². The Morgan fingerprint density at radius 3 is 2.81 bits per heavy atom. The maximum Gasteiger partial charge on any atom is 0.221 e. The largest absolute Gasteiger partial charge is 0.491 e. The highest BCUT2D eigenvalue weighted by atomic mass is 32.1. The summed E-state index contributed by atoms with van der Waals surface area (Å²) in [7, 11) is 0. The number of ether oxygens (including phenoxy) is 1. The van der Waals surface area contributed by atoms with Crippen LogP contribution in [0.2, 0.25) is 0 Å². The number of carbonyl (C=O) groups excluding carboxylic acids is 1. The van der Waals surface area contributed by atoms with E-state index in [0.717, 1.165) is 0 Å². The van der Waals surface area contributed by atoms with Gasteiger partial charge < -0.3 is 15.8 Å². The molecule has 1 amide bonds. The van der Waals surface area contributed by atoms with Gasteiger partial charge in [0.2, 0.25) is 5.91 Å². The fourth-order valence-corrected chi connectivity index (χ4v) is 1.23. The minimum absolute atomic E-state index is 0.134. The van der Waals surface area contributed by atoms with Crippen LogP contribution in [-0.2, 0) is 4.79 Å². The minimum Gasteiger partial charge on any atom is -0.491 e. The molecule has 0 atom stereocenters. The number of benzene rings is 1. The Morgan fingerprint density at radius 1 is 1.50 bits per heavy atom. The van der Waals surface area contributed by atoms with Crippen molar-refractivity contribution in [3.63, 3.8) is 0 Å². The smallest absolute Gasteiger partial charge is 0.221 e. The molecule has 16 heavy (non-hydrogen) atoms. The number of para-hydroxylation sites is 2. The standard InChI is InChI=1S/C11H14N2O2S/c1-8(14)13-9-4-2-3-5-10(9)15-7-6-11(12)16/h2-5H,6-7H2,1H3,(H2,12,16)(H,13,14). The van der Waals surface area contributed by atoms with Crippen LogP contribution in [0.15, 0.2) is 24.3 Å². The van der Waals surface area contributed by atoms with Gasteiger partial charge in [-0.3, -0.25) is 4.79 Å². The molecule has 0 aliphatic rings. The summed E-state index contributed by atoms with van der Waals surface area (Å²) >= 11 is 4.74. The first-order valence-corrected chi connectivity index (χ1v) is 5.28. The molecule has 5 heteroatoms. The van der Waals surface area contributed by atoms with Gasteiger partial charge in [-0.05, 0) is 12.1 Å². The lowest BCUT2D eigenvalue weighted by molar-refractivity contribution is -0.114. The molecule has 0 saturated carbocycles. The molecule has 1 aromatic rings. The molecule has 0 heterocycles. The van der Waals surface area contributed by atoms with Gasteiger partial charge >= 0.3 is 0 Å². The average molecular weight is 238 g/mol. The maximum atomic E-state index is 10.9. The highest BCUT2D eigenvalue weighted by Crippen LogP contribution is 2.23. The normalized spacial score (nSPS) is 9.56. The first kappa shape index (κ1) is 12.4. The molecule has 0 aromatic heterocycles. The molecule has 1 rings (SSSR count). The zero-order chi connectivity index (χ0) is 12.0. The van der Waals surface area contributed by atoms with E-state index in [4.69, 9.17) is 22.7 Å². The molecule has 86 valence electrons. The number of amides is 1. The average Bonchev–Trinajstić information content (AvgIpc) is 2.19. The van der Waals surface area contributed by atoms with Gasteiger partial charge in [-0.1, -0.05) is 24.4 Å². The van der Waals surface area contributed by atoms with Crippen LogP contribution in [0.1, 0.15) is 13.3 Å². The van der Waals surface area contributed by atoms with Crippen LogP contribution in [0.25, 0.3) is 0 Å². The van der Waals surface area contributed by atoms with E-state index in [2.05, 4.69) is 5.32 Å². The quantitative estimate of drug-likeness (QED) is 0.766. The summed E-state index contributed by atoms with van der Waals surface area (Å²) in [5, 5.41) is 2.68. The minimum atomic E-state index is -0.134. The Balaban J connectivity index is 2.63. The van der Waals surface area contributed by atoms with Gasteiger partial charge in [0.1, 0.15) is 5.75 Å². The van der Waals surface area contributed by atoms with Crippen LogP contribution < -0.4 is 15.8 Å². The summed E-state index contributed by atoms with van der Waals surface area (Å²) in [4.78, 5) is 11.4. The molecule has 0 aliphatic heterocycles. The molecule has 0 radical (unpaired) electrons. The molecular weight excluding hydrogens is 224 g/mol. The van der Waals surface area contributed by atoms with Crippen LogP contribution in [0.3, 0.4) is 0 Å². The second kappa shape index (κ2) is 6.07. The number of rotatable bonds is 5. The first-order chi connectivity index (χ1) is 7.59. The zero-order valence-electron chi connectivity index (χ0n) is 9.03. The SMILES string of the molecule is CC(=O)Nc1ccccc1OCCC(N)=S. The number of nitrogens with one attached hydrogen (secondary N) is 1. The van der Waals surface area contributed by atoms with Crippen molar-refractivity contribution in [2.24, 2.45) is 5.73 Å². The number of hydrogen-bond donors (Lipinski definition) is 2. The third kappa shape index (κ3) is 4.27. The molecule has 0 aliphatic carbocycles. The lowest BCUT2D eigenvalue weighted by atomic mass is 10.3. The summed E-state index contributed by atoms with van der Waals surface area (Å²) in [5.74, 6) is 0.486. The van der Waals surface area contributed by atoms with E-state index in [9.17, 15) is 4.79 Å². The van der Waals surface area contributed by atoms with E-state index in [1.54, 1.807) is 12.1 Å². The second-order valence-corrected chi connectivity index (χ2v) is 3.77. The Morgan fingerprint density at radius 2 is 2.19 bits per heavy atom. The van der Waals surface area contributed by atoms with Crippen molar-refractivity contribution < 1.29 is 9.53 Å².